The lowest BCUT2D eigenvalue weighted by Gasteiger charge is -2.12. The number of carboxylic acid groups (broad SMARTS) is 1. The maximum atomic E-state index is 10.7. The maximum Gasteiger partial charge on any atom is 0.320 e. The van der Waals surface area contributed by atoms with Crippen LogP contribution < -0.4 is 10.5 Å². The molecule has 0 bridgehead atoms. The van der Waals surface area contributed by atoms with Gasteiger partial charge in [0.05, 0.1) is 7.11 Å². The molecule has 0 aromatic heterocycles. The fraction of sp³-hybridized carbons (Fsp3) is 0.364. The fourth-order valence-corrected chi connectivity index (χ4v) is 1.77. The monoisotopic (exact) mass is 241 g/mol. The molecule has 0 spiro atoms. The molecule has 0 aliphatic rings. The molecule has 5 heteroatoms. The second kappa shape index (κ2) is 5.77. The maximum absolute atomic E-state index is 10.7. The highest BCUT2D eigenvalue weighted by atomic mass is 32.2. The van der Waals surface area contributed by atoms with Crippen LogP contribution >= 0.6 is 11.8 Å². The molecule has 1 aromatic carbocycles. The van der Waals surface area contributed by atoms with E-state index < -0.39 is 12.0 Å². The van der Waals surface area contributed by atoms with E-state index in [0.29, 0.717) is 5.75 Å². The van der Waals surface area contributed by atoms with Crippen molar-refractivity contribution in [1.82, 2.24) is 0 Å². The van der Waals surface area contributed by atoms with Crippen LogP contribution in [0.3, 0.4) is 0 Å². The van der Waals surface area contributed by atoms with Crippen molar-refractivity contribution >= 4 is 17.7 Å². The van der Waals surface area contributed by atoms with Gasteiger partial charge in [-0.1, -0.05) is 6.07 Å². The smallest absolute Gasteiger partial charge is 0.320 e. The van der Waals surface area contributed by atoms with E-state index in [9.17, 15) is 4.79 Å². The van der Waals surface area contributed by atoms with Crippen molar-refractivity contribution in [2.45, 2.75) is 17.4 Å². The zero-order valence-electron chi connectivity index (χ0n) is 9.27. The third kappa shape index (κ3) is 3.15. The molecular formula is C11H15NO3S. The predicted molar refractivity (Wildman–Crippen MR) is 64.1 cm³/mol. The number of rotatable bonds is 5. The zero-order valence-corrected chi connectivity index (χ0v) is 10.1. The van der Waals surface area contributed by atoms with Crippen LogP contribution in [0.1, 0.15) is 5.56 Å². The number of carboxylic acids is 1. The van der Waals surface area contributed by atoms with Crippen molar-refractivity contribution in [3.8, 4) is 5.75 Å². The molecule has 0 radical (unpaired) electrons. The molecule has 0 aliphatic carbocycles. The van der Waals surface area contributed by atoms with Crippen LogP contribution in [0.2, 0.25) is 0 Å². The summed E-state index contributed by atoms with van der Waals surface area (Å²) < 4.78 is 5.21. The van der Waals surface area contributed by atoms with Crippen LogP contribution in [0.25, 0.3) is 0 Å². The van der Waals surface area contributed by atoms with Gasteiger partial charge in [-0.25, -0.2) is 0 Å². The summed E-state index contributed by atoms with van der Waals surface area (Å²) in [7, 11) is 1.56. The van der Waals surface area contributed by atoms with Gasteiger partial charge in [0.15, 0.2) is 0 Å². The largest absolute Gasteiger partial charge is 0.496 e. The van der Waals surface area contributed by atoms with E-state index in [1.165, 1.54) is 0 Å². The average molecular weight is 241 g/mol. The molecule has 1 rings (SSSR count). The highest BCUT2D eigenvalue weighted by Crippen LogP contribution is 2.26. The lowest BCUT2D eigenvalue weighted by Crippen LogP contribution is -2.32. The van der Waals surface area contributed by atoms with E-state index in [1.54, 1.807) is 18.9 Å². The van der Waals surface area contributed by atoms with E-state index in [0.717, 1.165) is 10.5 Å². The number of benzene rings is 1. The Bertz CT molecular complexity index is 381. The number of hydrogen-bond acceptors (Lipinski definition) is 4. The number of aliphatic carboxylic acids is 1. The Morgan fingerprint density at radius 3 is 2.81 bits per heavy atom. The number of ether oxygens (including phenoxy) is 1. The first kappa shape index (κ1) is 12.9. The number of hydrogen-bond donors (Lipinski definition) is 2. The Morgan fingerprint density at radius 1 is 1.62 bits per heavy atom. The molecule has 1 aromatic rings. The Labute approximate surface area is 98.8 Å². The number of nitrogens with two attached hydrogens (primary N) is 1. The molecule has 3 N–H and O–H groups in total. The van der Waals surface area contributed by atoms with Crippen molar-refractivity contribution in [2.75, 3.05) is 13.4 Å². The van der Waals surface area contributed by atoms with E-state index in [-0.39, 0.29) is 6.42 Å². The van der Waals surface area contributed by atoms with Gasteiger partial charge in [0.1, 0.15) is 11.8 Å². The molecule has 0 saturated heterocycles. The van der Waals surface area contributed by atoms with E-state index in [4.69, 9.17) is 15.6 Å². The fourth-order valence-electron chi connectivity index (χ4n) is 1.34. The van der Waals surface area contributed by atoms with Crippen LogP contribution in [-0.2, 0) is 11.2 Å². The molecule has 0 amide bonds. The van der Waals surface area contributed by atoms with Crippen LogP contribution in [0.5, 0.6) is 5.75 Å². The third-order valence-electron chi connectivity index (χ3n) is 2.25. The second-order valence-electron chi connectivity index (χ2n) is 3.33. The van der Waals surface area contributed by atoms with Gasteiger partial charge in [0.2, 0.25) is 0 Å². The molecule has 16 heavy (non-hydrogen) atoms. The number of carbonyl (C=O) groups is 1. The lowest BCUT2D eigenvalue weighted by molar-refractivity contribution is -0.138. The van der Waals surface area contributed by atoms with Crippen LogP contribution in [0.4, 0.5) is 0 Å². The summed E-state index contributed by atoms with van der Waals surface area (Å²) in [5, 5.41) is 8.74. The third-order valence-corrected chi connectivity index (χ3v) is 2.98. The van der Waals surface area contributed by atoms with Gasteiger partial charge in [0.25, 0.3) is 0 Å². The Morgan fingerprint density at radius 2 is 2.31 bits per heavy atom. The first-order chi connectivity index (χ1) is 7.58. The molecule has 1 unspecified atom stereocenters. The Kier molecular flexibility index (Phi) is 4.64. The second-order valence-corrected chi connectivity index (χ2v) is 4.21. The quantitative estimate of drug-likeness (QED) is 0.762. The van der Waals surface area contributed by atoms with Gasteiger partial charge in [-0.05, 0) is 24.0 Å². The average Bonchev–Trinajstić information content (AvgIpc) is 2.29. The lowest BCUT2D eigenvalue weighted by atomic mass is 10.1. The molecule has 0 aliphatic heterocycles. The van der Waals surface area contributed by atoms with Crippen LogP contribution in [0.15, 0.2) is 23.1 Å². The predicted octanol–water partition coefficient (Wildman–Crippen LogP) is 1.37. The minimum Gasteiger partial charge on any atom is -0.496 e. The zero-order chi connectivity index (χ0) is 12.1. The molecule has 0 saturated carbocycles. The van der Waals surface area contributed by atoms with E-state index in [1.807, 2.05) is 24.5 Å². The molecular weight excluding hydrogens is 226 g/mol. The number of methoxy groups -OCH3 is 1. The van der Waals surface area contributed by atoms with Gasteiger partial charge in [-0.3, -0.25) is 4.79 Å². The minimum absolute atomic E-state index is 0.271. The van der Waals surface area contributed by atoms with Crippen molar-refractivity contribution in [3.05, 3.63) is 23.8 Å². The van der Waals surface area contributed by atoms with Gasteiger partial charge >= 0.3 is 5.97 Å². The van der Waals surface area contributed by atoms with Gasteiger partial charge in [0, 0.05) is 11.3 Å². The highest BCUT2D eigenvalue weighted by Gasteiger charge is 2.15. The molecule has 4 nitrogen and oxygen atoms in total. The highest BCUT2D eigenvalue weighted by molar-refractivity contribution is 7.98. The van der Waals surface area contributed by atoms with Crippen molar-refractivity contribution in [1.29, 1.82) is 0 Å². The van der Waals surface area contributed by atoms with Crippen molar-refractivity contribution < 1.29 is 14.6 Å². The Balaban J connectivity index is 2.91. The molecule has 0 heterocycles. The minimum atomic E-state index is -1.00. The standard InChI is InChI=1S/C11H15NO3S/c1-15-10-6-8(16-2)4-3-7(10)5-9(12)11(13)14/h3-4,6,9H,5,12H2,1-2H3,(H,13,14). The van der Waals surface area contributed by atoms with Gasteiger partial charge in [-0.15, -0.1) is 11.8 Å². The Hall–Kier alpha value is -1.20. The van der Waals surface area contributed by atoms with Crippen molar-refractivity contribution in [2.24, 2.45) is 5.73 Å². The summed E-state index contributed by atoms with van der Waals surface area (Å²) in [6, 6.07) is 4.77. The molecule has 1 atom stereocenters. The normalized spacial score (nSPS) is 12.2. The van der Waals surface area contributed by atoms with Gasteiger partial charge in [-0.2, -0.15) is 0 Å². The summed E-state index contributed by atoms with van der Waals surface area (Å²) in [5.41, 5.74) is 6.30. The topological polar surface area (TPSA) is 72.5 Å². The van der Waals surface area contributed by atoms with Gasteiger partial charge < -0.3 is 15.6 Å². The first-order valence-corrected chi connectivity index (χ1v) is 6.00. The summed E-state index contributed by atoms with van der Waals surface area (Å²) in [5.74, 6) is -0.320. The summed E-state index contributed by atoms with van der Waals surface area (Å²) in [6.07, 6.45) is 2.24. The summed E-state index contributed by atoms with van der Waals surface area (Å²) >= 11 is 1.60. The van der Waals surface area contributed by atoms with Crippen LogP contribution in [-0.4, -0.2) is 30.5 Å². The SMILES string of the molecule is COc1cc(SC)ccc1CC(N)C(=O)O. The first-order valence-electron chi connectivity index (χ1n) is 4.77. The van der Waals surface area contributed by atoms with E-state index in [2.05, 4.69) is 0 Å². The van der Waals surface area contributed by atoms with Crippen molar-refractivity contribution in [3.63, 3.8) is 0 Å². The molecule has 88 valence electrons. The van der Waals surface area contributed by atoms with Crippen LogP contribution in [0, 0.1) is 0 Å². The summed E-state index contributed by atoms with van der Waals surface area (Å²) in [4.78, 5) is 11.7. The number of thioether (sulfide) groups is 1. The van der Waals surface area contributed by atoms with E-state index >= 15 is 0 Å². The summed E-state index contributed by atoms with van der Waals surface area (Å²) in [6.45, 7) is 0. The molecule has 0 fully saturated rings.